The number of hydrogen-bond acceptors (Lipinski definition) is 3. The Morgan fingerprint density at radius 2 is 1.72 bits per heavy atom. The quantitative estimate of drug-likeness (QED) is 0.695. The second-order valence-corrected chi connectivity index (χ2v) is 9.62. The molecular formula is C22H31N3O3S. The highest BCUT2D eigenvalue weighted by Crippen LogP contribution is 2.24. The van der Waals surface area contributed by atoms with Gasteiger partial charge in [-0.1, -0.05) is 44.2 Å². The Morgan fingerprint density at radius 1 is 1.10 bits per heavy atom. The van der Waals surface area contributed by atoms with Crippen LogP contribution in [0.1, 0.15) is 42.7 Å². The van der Waals surface area contributed by atoms with Crippen molar-refractivity contribution in [3.05, 3.63) is 53.9 Å². The van der Waals surface area contributed by atoms with Crippen molar-refractivity contribution in [1.82, 2.24) is 13.8 Å². The first kappa shape index (κ1) is 21.6. The SMILES string of the molecule is CCN(CC)S(=O)(=O)c1cc(C(=O)N2CCC(Cc3ccccc3)CC2)n(C)c1. The van der Waals surface area contributed by atoms with E-state index in [2.05, 4.69) is 24.3 Å². The molecule has 0 aliphatic carbocycles. The summed E-state index contributed by atoms with van der Waals surface area (Å²) < 4.78 is 28.6. The molecule has 0 N–H and O–H groups in total. The zero-order valence-electron chi connectivity index (χ0n) is 17.5. The van der Waals surface area contributed by atoms with E-state index < -0.39 is 10.0 Å². The van der Waals surface area contributed by atoms with E-state index in [1.165, 1.54) is 15.9 Å². The Labute approximate surface area is 174 Å². The first-order chi connectivity index (χ1) is 13.9. The molecule has 1 fully saturated rings. The van der Waals surface area contributed by atoms with Gasteiger partial charge in [0.15, 0.2) is 0 Å². The Morgan fingerprint density at radius 3 is 2.31 bits per heavy atom. The third-order valence-corrected chi connectivity index (χ3v) is 7.83. The van der Waals surface area contributed by atoms with E-state index in [0.717, 1.165) is 19.3 Å². The van der Waals surface area contributed by atoms with E-state index in [4.69, 9.17) is 0 Å². The molecule has 2 heterocycles. The highest BCUT2D eigenvalue weighted by molar-refractivity contribution is 7.89. The summed E-state index contributed by atoms with van der Waals surface area (Å²) in [6, 6.07) is 12.0. The molecule has 0 unspecified atom stereocenters. The lowest BCUT2D eigenvalue weighted by Crippen LogP contribution is -2.39. The van der Waals surface area contributed by atoms with Gasteiger partial charge in [0.2, 0.25) is 10.0 Å². The molecule has 1 aliphatic rings. The number of carbonyl (C=O) groups excluding carboxylic acids is 1. The zero-order chi connectivity index (χ0) is 21.0. The molecule has 6 nitrogen and oxygen atoms in total. The molecule has 3 rings (SSSR count). The molecule has 0 bridgehead atoms. The number of carbonyl (C=O) groups is 1. The third kappa shape index (κ3) is 4.73. The van der Waals surface area contributed by atoms with Crippen molar-refractivity contribution in [2.75, 3.05) is 26.2 Å². The van der Waals surface area contributed by atoms with E-state index >= 15 is 0 Å². The summed E-state index contributed by atoms with van der Waals surface area (Å²) in [5.74, 6) is 0.486. The van der Waals surface area contributed by atoms with E-state index in [1.54, 1.807) is 17.8 Å². The second-order valence-electron chi connectivity index (χ2n) is 7.69. The van der Waals surface area contributed by atoms with Crippen LogP contribution in [0.25, 0.3) is 0 Å². The Balaban J connectivity index is 1.67. The van der Waals surface area contributed by atoms with Crippen molar-refractivity contribution in [1.29, 1.82) is 0 Å². The van der Waals surface area contributed by atoms with Crippen LogP contribution >= 0.6 is 0 Å². The summed E-state index contributed by atoms with van der Waals surface area (Å²) in [5, 5.41) is 0. The highest BCUT2D eigenvalue weighted by atomic mass is 32.2. The lowest BCUT2D eigenvalue weighted by atomic mass is 9.90. The average molecular weight is 418 g/mol. The van der Waals surface area contributed by atoms with Gasteiger partial charge in [-0.05, 0) is 36.8 Å². The van der Waals surface area contributed by atoms with Gasteiger partial charge in [0.1, 0.15) is 10.6 Å². The summed E-state index contributed by atoms with van der Waals surface area (Å²) in [5.41, 5.74) is 1.77. The largest absolute Gasteiger partial charge is 0.345 e. The molecule has 0 spiro atoms. The number of rotatable bonds is 7. The number of aromatic nitrogens is 1. The monoisotopic (exact) mass is 417 g/mol. The Bertz CT molecular complexity index is 925. The number of piperidine rings is 1. The molecule has 7 heteroatoms. The van der Waals surface area contributed by atoms with Crippen LogP contribution in [0.2, 0.25) is 0 Å². The van der Waals surface area contributed by atoms with E-state index in [0.29, 0.717) is 37.8 Å². The number of hydrogen-bond donors (Lipinski definition) is 0. The smallest absolute Gasteiger partial charge is 0.270 e. The standard InChI is InChI=1S/C22H31N3O3S/c1-4-25(5-2)29(27,28)20-16-21(23(3)17-20)22(26)24-13-11-19(12-14-24)15-18-9-7-6-8-10-18/h6-10,16-17,19H,4-5,11-15H2,1-3H3. The normalized spacial score (nSPS) is 15.8. The molecule has 0 radical (unpaired) electrons. The van der Waals surface area contributed by atoms with Crippen molar-refractivity contribution in [3.63, 3.8) is 0 Å². The number of sulfonamides is 1. The minimum absolute atomic E-state index is 0.0911. The van der Waals surface area contributed by atoms with E-state index in [9.17, 15) is 13.2 Å². The lowest BCUT2D eigenvalue weighted by molar-refractivity contribution is 0.0681. The van der Waals surface area contributed by atoms with Crippen molar-refractivity contribution in [2.45, 2.75) is 38.0 Å². The average Bonchev–Trinajstić information content (AvgIpc) is 3.12. The molecule has 1 aromatic heterocycles. The van der Waals surface area contributed by atoms with Gasteiger partial charge in [-0.2, -0.15) is 4.31 Å². The zero-order valence-corrected chi connectivity index (χ0v) is 18.4. The Kier molecular flexibility index (Phi) is 6.80. The van der Waals surface area contributed by atoms with Gasteiger partial charge < -0.3 is 9.47 Å². The molecule has 1 aliphatic heterocycles. The maximum Gasteiger partial charge on any atom is 0.270 e. The van der Waals surface area contributed by atoms with Gasteiger partial charge in [-0.15, -0.1) is 0 Å². The second kappa shape index (κ2) is 9.13. The van der Waals surface area contributed by atoms with E-state index in [-0.39, 0.29) is 10.8 Å². The third-order valence-electron chi connectivity index (χ3n) is 5.81. The molecule has 29 heavy (non-hydrogen) atoms. The highest BCUT2D eigenvalue weighted by Gasteiger charge is 2.29. The fourth-order valence-electron chi connectivity index (χ4n) is 4.05. The van der Waals surface area contributed by atoms with Crippen LogP contribution in [0, 0.1) is 5.92 Å². The van der Waals surface area contributed by atoms with Gasteiger partial charge in [0.05, 0.1) is 0 Å². The fourth-order valence-corrected chi connectivity index (χ4v) is 5.58. The first-order valence-electron chi connectivity index (χ1n) is 10.4. The molecule has 1 amide bonds. The predicted molar refractivity (Wildman–Crippen MR) is 114 cm³/mol. The first-order valence-corrected chi connectivity index (χ1v) is 11.8. The number of likely N-dealkylation sites (tertiary alicyclic amines) is 1. The maximum atomic E-state index is 13.0. The van der Waals surface area contributed by atoms with Crippen LogP contribution in [0.3, 0.4) is 0 Å². The van der Waals surface area contributed by atoms with Gasteiger partial charge in [-0.3, -0.25) is 4.79 Å². The predicted octanol–water partition coefficient (Wildman–Crippen LogP) is 3.15. The molecule has 158 valence electrons. The van der Waals surface area contributed by atoms with Gasteiger partial charge in [-0.25, -0.2) is 8.42 Å². The summed E-state index contributed by atoms with van der Waals surface area (Å²) in [7, 11) is -1.84. The summed E-state index contributed by atoms with van der Waals surface area (Å²) in [4.78, 5) is 15.1. The van der Waals surface area contributed by atoms with Crippen LogP contribution in [0.5, 0.6) is 0 Å². The molecule has 0 atom stereocenters. The number of amides is 1. The van der Waals surface area contributed by atoms with E-state index in [1.807, 2.05) is 24.8 Å². The molecule has 0 saturated carbocycles. The van der Waals surface area contributed by atoms with Crippen LogP contribution in [-0.4, -0.2) is 54.3 Å². The van der Waals surface area contributed by atoms with Crippen molar-refractivity contribution in [3.8, 4) is 0 Å². The number of aryl methyl sites for hydroxylation is 1. The minimum Gasteiger partial charge on any atom is -0.345 e. The van der Waals surface area contributed by atoms with Gasteiger partial charge >= 0.3 is 0 Å². The van der Waals surface area contributed by atoms with Gasteiger partial charge in [0, 0.05) is 39.4 Å². The van der Waals surface area contributed by atoms with Gasteiger partial charge in [0.25, 0.3) is 5.91 Å². The molecule has 1 saturated heterocycles. The summed E-state index contributed by atoms with van der Waals surface area (Å²) in [6.45, 7) is 5.86. The molecule has 1 aromatic carbocycles. The fraction of sp³-hybridized carbons (Fsp3) is 0.500. The minimum atomic E-state index is -3.57. The van der Waals surface area contributed by atoms with Crippen molar-refractivity contribution in [2.24, 2.45) is 13.0 Å². The number of nitrogens with zero attached hydrogens (tertiary/aromatic N) is 3. The van der Waals surface area contributed by atoms with Crippen LogP contribution in [0.15, 0.2) is 47.5 Å². The van der Waals surface area contributed by atoms with Crippen molar-refractivity contribution < 1.29 is 13.2 Å². The van der Waals surface area contributed by atoms with Crippen LogP contribution in [0.4, 0.5) is 0 Å². The van der Waals surface area contributed by atoms with Crippen LogP contribution in [-0.2, 0) is 23.5 Å². The topological polar surface area (TPSA) is 62.6 Å². The maximum absolute atomic E-state index is 13.0. The number of benzene rings is 1. The lowest BCUT2D eigenvalue weighted by Gasteiger charge is -2.32. The summed E-state index contributed by atoms with van der Waals surface area (Å²) in [6.07, 6.45) is 4.52. The molecule has 2 aromatic rings. The van der Waals surface area contributed by atoms with Crippen LogP contribution < -0.4 is 0 Å². The van der Waals surface area contributed by atoms with Crippen molar-refractivity contribution >= 4 is 15.9 Å². The Hall–Kier alpha value is -2.12. The molecular weight excluding hydrogens is 386 g/mol. The summed E-state index contributed by atoms with van der Waals surface area (Å²) >= 11 is 0.